The number of aliphatic hydroxyl groups excluding tert-OH is 1. The van der Waals surface area contributed by atoms with Crippen molar-refractivity contribution >= 4 is 17.7 Å². The van der Waals surface area contributed by atoms with Crippen LogP contribution in [-0.4, -0.2) is 41.9 Å². The highest BCUT2D eigenvalue weighted by atomic mass is 32.2. The molecule has 0 radical (unpaired) electrons. The van der Waals surface area contributed by atoms with E-state index in [1.54, 1.807) is 11.8 Å². The molecule has 2 unspecified atom stereocenters. The molecule has 0 aliphatic heterocycles. The molecular weight excluding hydrogens is 412 g/mol. The van der Waals surface area contributed by atoms with Crippen molar-refractivity contribution in [2.24, 2.45) is 10.8 Å². The molecule has 1 aromatic rings. The predicted octanol–water partition coefficient (Wildman–Crippen LogP) is 5.74. The number of esters is 1. The molecule has 0 saturated carbocycles. The Labute approximate surface area is 192 Å². The first-order chi connectivity index (χ1) is 14.4. The van der Waals surface area contributed by atoms with E-state index in [0.29, 0.717) is 17.9 Å². The number of hydrogen-bond donors (Lipinski definition) is 1. The summed E-state index contributed by atoms with van der Waals surface area (Å²) >= 11 is 1.71. The predicted molar refractivity (Wildman–Crippen MR) is 128 cm³/mol. The molecule has 6 heteroatoms. The number of carbonyl (C=O) groups is 1. The molecule has 0 amide bonds. The molecule has 0 bridgehead atoms. The number of hydrogen-bond acceptors (Lipinski definition) is 6. The maximum absolute atomic E-state index is 12.6. The zero-order valence-electron chi connectivity index (χ0n) is 20.0. The fourth-order valence-electron chi connectivity index (χ4n) is 3.03. The summed E-state index contributed by atoms with van der Waals surface area (Å²) in [5, 5.41) is 10.0. The largest absolute Gasteiger partial charge is 0.462 e. The fraction of sp³-hybridized carbons (Fsp3) is 0.640. The molecule has 0 fully saturated rings. The number of ether oxygens (including phenoxy) is 1. The van der Waals surface area contributed by atoms with Crippen LogP contribution in [0.4, 0.5) is 0 Å². The van der Waals surface area contributed by atoms with Gasteiger partial charge in [0.15, 0.2) is 0 Å². The number of rotatable bonds is 14. The second-order valence-corrected chi connectivity index (χ2v) is 10.8. The molecule has 0 aliphatic carbocycles. The summed E-state index contributed by atoms with van der Waals surface area (Å²) in [5.74, 6) is 2.03. The number of thioether (sulfide) groups is 1. The van der Waals surface area contributed by atoms with Crippen LogP contribution in [0.3, 0.4) is 0 Å². The van der Waals surface area contributed by atoms with Crippen molar-refractivity contribution in [3.63, 3.8) is 0 Å². The third-order valence-corrected chi connectivity index (χ3v) is 6.31. The molecule has 2 atom stereocenters. The molecule has 0 spiro atoms. The Morgan fingerprint density at radius 3 is 2.35 bits per heavy atom. The summed E-state index contributed by atoms with van der Waals surface area (Å²) < 4.78 is 5.36. The third kappa shape index (κ3) is 11.6. The Kier molecular flexibility index (Phi) is 11.7. The Morgan fingerprint density at radius 2 is 1.77 bits per heavy atom. The van der Waals surface area contributed by atoms with Crippen LogP contribution in [0.2, 0.25) is 0 Å². The molecular formula is C25H40O5S. The van der Waals surface area contributed by atoms with Crippen molar-refractivity contribution in [2.75, 3.05) is 24.7 Å². The lowest BCUT2D eigenvalue weighted by molar-refractivity contribution is -0.275. The average molecular weight is 453 g/mol. The summed E-state index contributed by atoms with van der Waals surface area (Å²) in [4.78, 5) is 22.8. The Morgan fingerprint density at radius 1 is 1.13 bits per heavy atom. The van der Waals surface area contributed by atoms with Gasteiger partial charge in [-0.25, -0.2) is 0 Å². The van der Waals surface area contributed by atoms with Crippen LogP contribution >= 0.6 is 11.8 Å². The van der Waals surface area contributed by atoms with Crippen LogP contribution in [0.5, 0.6) is 0 Å². The summed E-state index contributed by atoms with van der Waals surface area (Å²) in [6.07, 6.45) is 0.645. The van der Waals surface area contributed by atoms with Gasteiger partial charge in [0.25, 0.3) is 0 Å². The first-order valence-electron chi connectivity index (χ1n) is 10.9. The van der Waals surface area contributed by atoms with Gasteiger partial charge in [0.2, 0.25) is 0 Å². The quantitative estimate of drug-likeness (QED) is 0.168. The minimum absolute atomic E-state index is 0.0989. The van der Waals surface area contributed by atoms with Gasteiger partial charge in [-0.2, -0.15) is 16.6 Å². The summed E-state index contributed by atoms with van der Waals surface area (Å²) in [6.45, 7) is 16.0. The van der Waals surface area contributed by atoms with Gasteiger partial charge < -0.3 is 14.7 Å². The normalized spacial score (nSPS) is 14.0. The summed E-state index contributed by atoms with van der Waals surface area (Å²) in [7, 11) is 0. The van der Waals surface area contributed by atoms with E-state index in [1.165, 1.54) is 5.56 Å². The molecule has 0 aromatic heterocycles. The average Bonchev–Trinajstić information content (AvgIpc) is 2.69. The van der Waals surface area contributed by atoms with E-state index in [9.17, 15) is 9.90 Å². The van der Waals surface area contributed by atoms with Crippen LogP contribution in [0.15, 0.2) is 42.7 Å². The van der Waals surface area contributed by atoms with Crippen molar-refractivity contribution < 1.29 is 24.4 Å². The second-order valence-electron chi connectivity index (χ2n) is 9.82. The van der Waals surface area contributed by atoms with Crippen LogP contribution < -0.4 is 0 Å². The van der Waals surface area contributed by atoms with Crippen molar-refractivity contribution in [2.45, 2.75) is 66.4 Å². The van der Waals surface area contributed by atoms with Gasteiger partial charge >= 0.3 is 5.97 Å². The molecule has 1 N–H and O–H groups in total. The van der Waals surface area contributed by atoms with Gasteiger partial charge in [-0.05, 0) is 49.3 Å². The van der Waals surface area contributed by atoms with Crippen LogP contribution in [-0.2, 0) is 19.3 Å². The lowest BCUT2D eigenvalue weighted by atomic mass is 9.79. The SMILES string of the molecule is C=C(CSCC(C)(C)C)OOCC(O)COC(=O)C(C)(C)CC(CC)c1ccccc1. The molecule has 0 aliphatic rings. The van der Waals surface area contributed by atoms with Crippen molar-refractivity contribution in [1.29, 1.82) is 0 Å². The topological polar surface area (TPSA) is 65.0 Å². The maximum atomic E-state index is 12.6. The number of aliphatic hydroxyl groups is 1. The van der Waals surface area contributed by atoms with Crippen molar-refractivity contribution in [3.05, 3.63) is 48.2 Å². The van der Waals surface area contributed by atoms with Gasteiger partial charge in [-0.15, -0.1) is 0 Å². The van der Waals surface area contributed by atoms with Gasteiger partial charge in [0, 0.05) is 0 Å². The highest BCUT2D eigenvalue weighted by Crippen LogP contribution is 2.34. The summed E-state index contributed by atoms with van der Waals surface area (Å²) in [6, 6.07) is 10.2. The molecule has 0 heterocycles. The lowest BCUT2D eigenvalue weighted by Crippen LogP contribution is -2.32. The lowest BCUT2D eigenvalue weighted by Gasteiger charge is -2.28. The van der Waals surface area contributed by atoms with E-state index < -0.39 is 11.5 Å². The molecule has 1 rings (SSSR count). The van der Waals surface area contributed by atoms with Crippen molar-refractivity contribution in [1.82, 2.24) is 0 Å². The first-order valence-corrected chi connectivity index (χ1v) is 12.1. The molecule has 1 aromatic carbocycles. The monoisotopic (exact) mass is 452 g/mol. The van der Waals surface area contributed by atoms with E-state index in [0.717, 1.165) is 12.2 Å². The van der Waals surface area contributed by atoms with Crippen LogP contribution in [0.25, 0.3) is 0 Å². The minimum Gasteiger partial charge on any atom is -0.462 e. The second kappa shape index (κ2) is 13.1. The van der Waals surface area contributed by atoms with E-state index >= 15 is 0 Å². The first kappa shape index (κ1) is 27.5. The van der Waals surface area contributed by atoms with Gasteiger partial charge in [-0.3, -0.25) is 4.79 Å². The van der Waals surface area contributed by atoms with E-state index in [2.05, 4.69) is 46.4 Å². The highest BCUT2D eigenvalue weighted by molar-refractivity contribution is 7.99. The fourth-order valence-corrected chi connectivity index (χ4v) is 4.02. The minimum atomic E-state index is -0.967. The van der Waals surface area contributed by atoms with E-state index in [1.807, 2.05) is 32.0 Å². The standard InChI is InChI=1S/C25H40O5S/c1-8-20(21-12-10-9-11-13-21)14-25(6,7)23(27)28-15-22(26)16-29-30-19(2)17-31-18-24(3,4)5/h9-13,20,22,26H,2,8,14-18H2,1,3-7H3. The van der Waals surface area contributed by atoms with Gasteiger partial charge in [-0.1, -0.05) is 64.6 Å². The molecule has 5 nitrogen and oxygen atoms in total. The Balaban J connectivity index is 2.34. The van der Waals surface area contributed by atoms with Crippen LogP contribution in [0.1, 0.15) is 65.9 Å². The zero-order valence-corrected chi connectivity index (χ0v) is 20.8. The highest BCUT2D eigenvalue weighted by Gasteiger charge is 2.33. The molecule has 0 saturated heterocycles. The Hall–Kier alpha value is -1.50. The summed E-state index contributed by atoms with van der Waals surface area (Å²) in [5.41, 5.74) is 0.793. The van der Waals surface area contributed by atoms with E-state index in [4.69, 9.17) is 14.5 Å². The number of carbonyl (C=O) groups excluding carboxylic acids is 1. The molecule has 176 valence electrons. The zero-order chi connectivity index (χ0) is 23.5. The number of benzene rings is 1. The van der Waals surface area contributed by atoms with Crippen LogP contribution in [0, 0.1) is 10.8 Å². The van der Waals surface area contributed by atoms with Gasteiger partial charge in [0.1, 0.15) is 25.1 Å². The smallest absolute Gasteiger partial charge is 0.311 e. The Bertz CT molecular complexity index is 666. The van der Waals surface area contributed by atoms with Gasteiger partial charge in [0.05, 0.1) is 11.2 Å². The third-order valence-electron chi connectivity index (χ3n) is 4.72. The van der Waals surface area contributed by atoms with Crippen molar-refractivity contribution in [3.8, 4) is 0 Å². The van der Waals surface area contributed by atoms with E-state index in [-0.39, 0.29) is 30.5 Å². The maximum Gasteiger partial charge on any atom is 0.311 e. The molecule has 31 heavy (non-hydrogen) atoms.